The molecule has 0 aliphatic carbocycles. The molecule has 7 nitrogen and oxygen atoms in total. The van der Waals surface area contributed by atoms with Crippen molar-refractivity contribution in [3.05, 3.63) is 64.3 Å². The number of hydrogen-bond acceptors (Lipinski definition) is 6. The molecule has 0 radical (unpaired) electrons. The third kappa shape index (κ3) is 2.36. The molecule has 6 rings (SSSR count). The molecular formula is C20H16ClN5O2. The van der Waals surface area contributed by atoms with Crippen LogP contribution in [0.2, 0.25) is 5.02 Å². The van der Waals surface area contributed by atoms with E-state index in [0.29, 0.717) is 11.4 Å². The molecule has 1 aromatic carbocycles. The van der Waals surface area contributed by atoms with Crippen LogP contribution in [0.3, 0.4) is 0 Å². The second-order valence-corrected chi connectivity index (χ2v) is 7.52. The Morgan fingerprint density at radius 1 is 1.21 bits per heavy atom. The molecule has 0 bridgehead atoms. The fraction of sp³-hybridized carbons (Fsp3) is 0.250. The number of nitrogens with one attached hydrogen (secondary N) is 1. The van der Waals surface area contributed by atoms with Gasteiger partial charge in [0.25, 0.3) is 0 Å². The van der Waals surface area contributed by atoms with Crippen LogP contribution in [0.1, 0.15) is 28.7 Å². The molecule has 28 heavy (non-hydrogen) atoms. The third-order valence-electron chi connectivity index (χ3n) is 5.39. The van der Waals surface area contributed by atoms with Crippen LogP contribution in [0.15, 0.2) is 41.2 Å². The normalized spacial score (nSPS) is 18.1. The van der Waals surface area contributed by atoms with Gasteiger partial charge in [0.05, 0.1) is 17.6 Å². The fourth-order valence-electron chi connectivity index (χ4n) is 4.12. The molecule has 4 aromatic rings. The number of ether oxygens (including phenoxy) is 1. The zero-order chi connectivity index (χ0) is 18.7. The first kappa shape index (κ1) is 16.1. The van der Waals surface area contributed by atoms with E-state index in [0.717, 1.165) is 64.7 Å². The molecule has 8 heteroatoms. The minimum atomic E-state index is -0.210. The highest BCUT2D eigenvalue weighted by molar-refractivity contribution is 6.31. The molecule has 0 saturated carbocycles. The molecular weight excluding hydrogens is 378 g/mol. The quantitative estimate of drug-likeness (QED) is 0.562. The Morgan fingerprint density at radius 3 is 3.14 bits per heavy atom. The molecule has 2 aliphatic rings. The van der Waals surface area contributed by atoms with Crippen LogP contribution in [0.4, 0.5) is 0 Å². The summed E-state index contributed by atoms with van der Waals surface area (Å²) in [6.45, 7) is 1.68. The number of rotatable bonds is 2. The van der Waals surface area contributed by atoms with Gasteiger partial charge in [-0.25, -0.2) is 9.50 Å². The van der Waals surface area contributed by atoms with E-state index >= 15 is 0 Å². The Labute approximate surface area is 165 Å². The standard InChI is InChI=1S/C20H16ClN5O2/c21-12-7-11-8-17(20-14-10-22-4-1-15(14)25-28-20)27-19(11)13(9-12)16-2-5-23-18-3-6-24-26(16)18/h2-3,5-7,9,17,22H,1,4,8,10H2/t17-/m1/s1. The highest BCUT2D eigenvalue weighted by Crippen LogP contribution is 2.45. The second-order valence-electron chi connectivity index (χ2n) is 7.08. The number of fused-ring (bicyclic) bond motifs is 3. The summed E-state index contributed by atoms with van der Waals surface area (Å²) >= 11 is 6.44. The lowest BCUT2D eigenvalue weighted by atomic mass is 10.0. The van der Waals surface area contributed by atoms with Gasteiger partial charge in [0.15, 0.2) is 17.5 Å². The minimum absolute atomic E-state index is 0.210. The summed E-state index contributed by atoms with van der Waals surface area (Å²) in [5.74, 6) is 1.62. The first-order valence-corrected chi connectivity index (χ1v) is 9.62. The van der Waals surface area contributed by atoms with Crippen molar-refractivity contribution in [2.45, 2.75) is 25.5 Å². The van der Waals surface area contributed by atoms with Gasteiger partial charge in [-0.15, -0.1) is 0 Å². The first-order valence-electron chi connectivity index (χ1n) is 9.24. The number of aromatic nitrogens is 4. The highest BCUT2D eigenvalue weighted by atomic mass is 35.5. The van der Waals surface area contributed by atoms with Crippen LogP contribution in [0, 0.1) is 0 Å². The predicted molar refractivity (Wildman–Crippen MR) is 102 cm³/mol. The van der Waals surface area contributed by atoms with Gasteiger partial charge in [0, 0.05) is 59.9 Å². The maximum Gasteiger partial charge on any atom is 0.182 e. The summed E-state index contributed by atoms with van der Waals surface area (Å²) in [5.41, 5.74) is 5.76. The van der Waals surface area contributed by atoms with E-state index in [1.807, 2.05) is 24.3 Å². The van der Waals surface area contributed by atoms with Gasteiger partial charge in [-0.2, -0.15) is 5.10 Å². The van der Waals surface area contributed by atoms with E-state index in [1.165, 1.54) is 0 Å². The van der Waals surface area contributed by atoms with Crippen molar-refractivity contribution in [3.8, 4) is 17.0 Å². The maximum absolute atomic E-state index is 6.44. The summed E-state index contributed by atoms with van der Waals surface area (Å²) in [7, 11) is 0. The molecule has 1 N–H and O–H groups in total. The summed E-state index contributed by atoms with van der Waals surface area (Å²) in [6.07, 6.45) is 4.86. The molecule has 0 spiro atoms. The van der Waals surface area contributed by atoms with E-state index in [-0.39, 0.29) is 6.10 Å². The summed E-state index contributed by atoms with van der Waals surface area (Å²) in [4.78, 5) is 4.34. The Balaban J connectivity index is 1.46. The van der Waals surface area contributed by atoms with Gasteiger partial charge in [-0.3, -0.25) is 0 Å². The molecule has 0 fully saturated rings. The van der Waals surface area contributed by atoms with E-state index in [9.17, 15) is 0 Å². The third-order valence-corrected chi connectivity index (χ3v) is 5.61. The largest absolute Gasteiger partial charge is 0.481 e. The van der Waals surface area contributed by atoms with Crippen LogP contribution >= 0.6 is 11.6 Å². The van der Waals surface area contributed by atoms with Crippen molar-refractivity contribution in [1.82, 2.24) is 25.1 Å². The number of hydrogen-bond donors (Lipinski definition) is 1. The van der Waals surface area contributed by atoms with Gasteiger partial charge < -0.3 is 14.6 Å². The zero-order valence-corrected chi connectivity index (χ0v) is 15.6. The van der Waals surface area contributed by atoms with Crippen LogP contribution in [-0.2, 0) is 19.4 Å². The average molecular weight is 394 g/mol. The molecule has 1 atom stereocenters. The van der Waals surface area contributed by atoms with E-state index in [4.69, 9.17) is 20.9 Å². The molecule has 0 unspecified atom stereocenters. The van der Waals surface area contributed by atoms with E-state index in [2.05, 4.69) is 20.6 Å². The van der Waals surface area contributed by atoms with Crippen LogP contribution < -0.4 is 10.1 Å². The van der Waals surface area contributed by atoms with Crippen molar-refractivity contribution < 1.29 is 9.26 Å². The smallest absolute Gasteiger partial charge is 0.182 e. The second kappa shape index (κ2) is 6.05. The van der Waals surface area contributed by atoms with Gasteiger partial charge >= 0.3 is 0 Å². The topological polar surface area (TPSA) is 77.5 Å². The highest BCUT2D eigenvalue weighted by Gasteiger charge is 2.34. The summed E-state index contributed by atoms with van der Waals surface area (Å²) in [5, 5.41) is 12.7. The first-order chi connectivity index (χ1) is 13.8. The van der Waals surface area contributed by atoms with Crippen molar-refractivity contribution in [2.24, 2.45) is 0 Å². The molecule has 140 valence electrons. The van der Waals surface area contributed by atoms with Crippen LogP contribution in [0.5, 0.6) is 5.75 Å². The van der Waals surface area contributed by atoms with E-state index < -0.39 is 0 Å². The Kier molecular flexibility index (Phi) is 3.48. The van der Waals surface area contributed by atoms with Crippen LogP contribution in [-0.4, -0.2) is 26.3 Å². The van der Waals surface area contributed by atoms with Gasteiger partial charge in [-0.1, -0.05) is 16.8 Å². The lowest BCUT2D eigenvalue weighted by Crippen LogP contribution is -2.24. The van der Waals surface area contributed by atoms with Crippen molar-refractivity contribution in [3.63, 3.8) is 0 Å². The molecule has 3 aromatic heterocycles. The fourth-order valence-corrected chi connectivity index (χ4v) is 4.36. The average Bonchev–Trinajstić information content (AvgIpc) is 3.43. The molecule has 5 heterocycles. The predicted octanol–water partition coefficient (Wildman–Crippen LogP) is 3.36. The van der Waals surface area contributed by atoms with Crippen molar-refractivity contribution in [1.29, 1.82) is 0 Å². The monoisotopic (exact) mass is 393 g/mol. The van der Waals surface area contributed by atoms with Gasteiger partial charge in [0.2, 0.25) is 0 Å². The molecule has 0 saturated heterocycles. The van der Waals surface area contributed by atoms with E-state index in [1.54, 1.807) is 16.9 Å². The van der Waals surface area contributed by atoms with Crippen LogP contribution in [0.25, 0.3) is 16.9 Å². The summed E-state index contributed by atoms with van der Waals surface area (Å²) < 4.78 is 13.9. The Bertz CT molecular complexity index is 1210. The lowest BCUT2D eigenvalue weighted by molar-refractivity contribution is 0.189. The number of nitrogens with zero attached hydrogens (tertiary/aromatic N) is 4. The summed E-state index contributed by atoms with van der Waals surface area (Å²) in [6, 6.07) is 7.66. The minimum Gasteiger partial charge on any atom is -0.481 e. The zero-order valence-electron chi connectivity index (χ0n) is 14.9. The number of halogens is 1. The maximum atomic E-state index is 6.44. The van der Waals surface area contributed by atoms with Crippen molar-refractivity contribution >= 4 is 17.2 Å². The molecule has 0 amide bonds. The lowest BCUT2D eigenvalue weighted by Gasteiger charge is -2.15. The Morgan fingerprint density at radius 2 is 2.18 bits per heavy atom. The number of benzene rings is 1. The van der Waals surface area contributed by atoms with Gasteiger partial charge in [-0.05, 0) is 18.2 Å². The van der Waals surface area contributed by atoms with Gasteiger partial charge in [0.1, 0.15) is 5.75 Å². The SMILES string of the molecule is Clc1cc2c(c(-c3ccnc4ccnn34)c1)O[C@@H](c1onc3c1CNCC3)C2. The van der Waals surface area contributed by atoms with Crippen molar-refractivity contribution in [2.75, 3.05) is 6.54 Å². The Hall–Kier alpha value is -2.90. The molecule has 2 aliphatic heterocycles.